The van der Waals surface area contributed by atoms with Gasteiger partial charge in [0.05, 0.1) is 0 Å². The minimum absolute atomic E-state index is 0.00189. The summed E-state index contributed by atoms with van der Waals surface area (Å²) in [4.78, 5) is 11.8. The zero-order valence-corrected chi connectivity index (χ0v) is 10.3. The summed E-state index contributed by atoms with van der Waals surface area (Å²) in [6.07, 6.45) is 0. The van der Waals surface area contributed by atoms with Crippen LogP contribution in [0, 0.1) is 18.6 Å². The number of halogens is 2. The van der Waals surface area contributed by atoms with Gasteiger partial charge in [-0.15, -0.1) is 0 Å². The summed E-state index contributed by atoms with van der Waals surface area (Å²) in [5.74, 6) is -1.72. The first kappa shape index (κ1) is 13.2. The van der Waals surface area contributed by atoms with Crippen molar-refractivity contribution in [1.29, 1.82) is 0 Å². The molecule has 0 aliphatic carbocycles. The molecular weight excluding hydrogens is 250 g/mol. The SMILES string of the molecule is Cc1ccc(C(=O)COc2cc(F)cc(F)c2)cc1. The molecule has 98 valence electrons. The quantitative estimate of drug-likeness (QED) is 0.788. The molecular formula is C15H12F2O2. The van der Waals surface area contributed by atoms with Gasteiger partial charge in [-0.05, 0) is 6.92 Å². The number of benzene rings is 2. The predicted molar refractivity (Wildman–Crippen MR) is 67.4 cm³/mol. The van der Waals surface area contributed by atoms with Gasteiger partial charge in [0.25, 0.3) is 0 Å². The summed E-state index contributed by atoms with van der Waals surface area (Å²) >= 11 is 0. The van der Waals surface area contributed by atoms with Crippen molar-refractivity contribution in [3.05, 3.63) is 65.2 Å². The highest BCUT2D eigenvalue weighted by molar-refractivity contribution is 5.97. The number of hydrogen-bond acceptors (Lipinski definition) is 2. The van der Waals surface area contributed by atoms with Gasteiger partial charge in [0.2, 0.25) is 0 Å². The van der Waals surface area contributed by atoms with Gasteiger partial charge in [-0.3, -0.25) is 4.79 Å². The third kappa shape index (κ3) is 3.61. The lowest BCUT2D eigenvalue weighted by atomic mass is 10.1. The van der Waals surface area contributed by atoms with Crippen molar-refractivity contribution in [3.8, 4) is 5.75 Å². The van der Waals surface area contributed by atoms with E-state index in [9.17, 15) is 13.6 Å². The van der Waals surface area contributed by atoms with Gasteiger partial charge in [-0.1, -0.05) is 29.8 Å². The van der Waals surface area contributed by atoms with Gasteiger partial charge >= 0.3 is 0 Å². The van der Waals surface area contributed by atoms with Crippen molar-refractivity contribution in [2.75, 3.05) is 6.61 Å². The highest BCUT2D eigenvalue weighted by Gasteiger charge is 2.08. The Labute approximate surface area is 109 Å². The van der Waals surface area contributed by atoms with Gasteiger partial charge in [0, 0.05) is 23.8 Å². The second-order valence-corrected chi connectivity index (χ2v) is 4.18. The summed E-state index contributed by atoms with van der Waals surface area (Å²) in [6.45, 7) is 1.66. The fourth-order valence-corrected chi connectivity index (χ4v) is 1.58. The second-order valence-electron chi connectivity index (χ2n) is 4.18. The van der Waals surface area contributed by atoms with E-state index >= 15 is 0 Å². The number of ether oxygens (including phenoxy) is 1. The number of aryl methyl sites for hydroxylation is 1. The maximum atomic E-state index is 12.9. The maximum absolute atomic E-state index is 12.9. The minimum Gasteiger partial charge on any atom is -0.485 e. The van der Waals surface area contributed by atoms with E-state index in [1.807, 2.05) is 19.1 Å². The van der Waals surface area contributed by atoms with Gasteiger partial charge < -0.3 is 4.74 Å². The van der Waals surface area contributed by atoms with Crippen LogP contribution in [0.2, 0.25) is 0 Å². The lowest BCUT2D eigenvalue weighted by Gasteiger charge is -2.06. The molecule has 2 rings (SSSR count). The Morgan fingerprint density at radius 2 is 1.63 bits per heavy atom. The molecule has 0 N–H and O–H groups in total. The second kappa shape index (κ2) is 5.61. The molecule has 0 aliphatic rings. The average molecular weight is 262 g/mol. The number of carbonyl (C=O) groups excluding carboxylic acids is 1. The van der Waals surface area contributed by atoms with Gasteiger partial charge in [-0.25, -0.2) is 8.78 Å². The van der Waals surface area contributed by atoms with Crippen LogP contribution in [0.1, 0.15) is 15.9 Å². The van der Waals surface area contributed by atoms with Crippen molar-refractivity contribution in [2.45, 2.75) is 6.92 Å². The third-order valence-corrected chi connectivity index (χ3v) is 2.58. The highest BCUT2D eigenvalue weighted by Crippen LogP contribution is 2.15. The molecule has 0 heterocycles. The molecule has 0 atom stereocenters. The van der Waals surface area contributed by atoms with Crippen LogP contribution in [-0.4, -0.2) is 12.4 Å². The number of Topliss-reactive ketones (excluding diaryl/α,β-unsaturated/α-hetero) is 1. The molecule has 0 saturated heterocycles. The zero-order chi connectivity index (χ0) is 13.8. The van der Waals surface area contributed by atoms with Crippen LogP contribution in [0.15, 0.2) is 42.5 Å². The van der Waals surface area contributed by atoms with Crippen LogP contribution in [0.3, 0.4) is 0 Å². The van der Waals surface area contributed by atoms with Crippen molar-refractivity contribution in [1.82, 2.24) is 0 Å². The molecule has 0 saturated carbocycles. The molecule has 0 radical (unpaired) electrons. The molecule has 0 fully saturated rings. The van der Waals surface area contributed by atoms with Crippen LogP contribution >= 0.6 is 0 Å². The van der Waals surface area contributed by atoms with E-state index in [4.69, 9.17) is 4.74 Å². The largest absolute Gasteiger partial charge is 0.485 e. The number of ketones is 1. The van der Waals surface area contributed by atoms with E-state index in [2.05, 4.69) is 0 Å². The first-order chi connectivity index (χ1) is 9.04. The van der Waals surface area contributed by atoms with Crippen LogP contribution in [0.25, 0.3) is 0 Å². The van der Waals surface area contributed by atoms with Gasteiger partial charge in [0.15, 0.2) is 12.4 Å². The molecule has 2 nitrogen and oxygen atoms in total. The Morgan fingerprint density at radius 3 is 2.21 bits per heavy atom. The smallest absolute Gasteiger partial charge is 0.200 e. The summed E-state index contributed by atoms with van der Waals surface area (Å²) in [5.41, 5.74) is 1.55. The van der Waals surface area contributed by atoms with Crippen LogP contribution < -0.4 is 4.74 Å². The topological polar surface area (TPSA) is 26.3 Å². The van der Waals surface area contributed by atoms with Crippen molar-refractivity contribution < 1.29 is 18.3 Å². The monoisotopic (exact) mass is 262 g/mol. The van der Waals surface area contributed by atoms with Crippen LogP contribution in [-0.2, 0) is 0 Å². The number of rotatable bonds is 4. The lowest BCUT2D eigenvalue weighted by molar-refractivity contribution is 0.0921. The summed E-state index contributed by atoms with van der Waals surface area (Å²) in [7, 11) is 0. The third-order valence-electron chi connectivity index (χ3n) is 2.58. The van der Waals surface area contributed by atoms with Gasteiger partial charge in [0.1, 0.15) is 17.4 Å². The van der Waals surface area contributed by atoms with E-state index in [0.29, 0.717) is 5.56 Å². The molecule has 2 aromatic rings. The first-order valence-electron chi connectivity index (χ1n) is 5.73. The standard InChI is InChI=1S/C15H12F2O2/c1-10-2-4-11(5-3-10)15(18)9-19-14-7-12(16)6-13(17)8-14/h2-8H,9H2,1H3. The van der Waals surface area contributed by atoms with E-state index in [-0.39, 0.29) is 18.1 Å². The zero-order valence-electron chi connectivity index (χ0n) is 10.3. The molecule has 0 spiro atoms. The molecule has 0 amide bonds. The Balaban J connectivity index is 2.02. The highest BCUT2D eigenvalue weighted by atomic mass is 19.1. The summed E-state index contributed by atoms with van der Waals surface area (Å²) in [6, 6.07) is 9.82. The molecule has 19 heavy (non-hydrogen) atoms. The molecule has 0 unspecified atom stereocenters. The predicted octanol–water partition coefficient (Wildman–Crippen LogP) is 3.53. The van der Waals surface area contributed by atoms with E-state index < -0.39 is 11.6 Å². The van der Waals surface area contributed by atoms with Crippen LogP contribution in [0.4, 0.5) is 8.78 Å². The minimum atomic E-state index is -0.738. The fraction of sp³-hybridized carbons (Fsp3) is 0.133. The van der Waals surface area contributed by atoms with E-state index in [1.54, 1.807) is 12.1 Å². The van der Waals surface area contributed by atoms with Crippen molar-refractivity contribution >= 4 is 5.78 Å². The molecule has 0 aliphatic heterocycles. The van der Waals surface area contributed by atoms with Crippen LogP contribution in [0.5, 0.6) is 5.75 Å². The maximum Gasteiger partial charge on any atom is 0.200 e. The first-order valence-corrected chi connectivity index (χ1v) is 5.73. The lowest BCUT2D eigenvalue weighted by Crippen LogP contribution is -2.11. The average Bonchev–Trinajstić information content (AvgIpc) is 2.36. The van der Waals surface area contributed by atoms with E-state index in [1.165, 1.54) is 0 Å². The molecule has 0 bridgehead atoms. The van der Waals surface area contributed by atoms with E-state index in [0.717, 1.165) is 23.8 Å². The summed E-state index contributed by atoms with van der Waals surface area (Å²) in [5, 5.41) is 0. The van der Waals surface area contributed by atoms with Crippen molar-refractivity contribution in [2.24, 2.45) is 0 Å². The summed E-state index contributed by atoms with van der Waals surface area (Å²) < 4.78 is 30.9. The number of hydrogen-bond donors (Lipinski definition) is 0. The van der Waals surface area contributed by atoms with Crippen molar-refractivity contribution in [3.63, 3.8) is 0 Å². The number of carbonyl (C=O) groups is 1. The Bertz CT molecular complexity index is 571. The Kier molecular flexibility index (Phi) is 3.90. The Morgan fingerprint density at radius 1 is 1.05 bits per heavy atom. The fourth-order valence-electron chi connectivity index (χ4n) is 1.58. The Hall–Kier alpha value is -2.23. The van der Waals surface area contributed by atoms with Gasteiger partial charge in [-0.2, -0.15) is 0 Å². The normalized spacial score (nSPS) is 10.3. The molecule has 0 aromatic heterocycles. The molecule has 2 aromatic carbocycles. The molecule has 4 heteroatoms.